The lowest BCUT2D eigenvalue weighted by molar-refractivity contribution is 0.117. The number of hydrogen-bond donors (Lipinski definition) is 1. The van der Waals surface area contributed by atoms with Crippen LogP contribution in [0.3, 0.4) is 0 Å². The maximum atomic E-state index is 5.79. The van der Waals surface area contributed by atoms with Crippen LogP contribution in [0.4, 0.5) is 11.9 Å². The van der Waals surface area contributed by atoms with Crippen LogP contribution in [-0.2, 0) is 0 Å². The van der Waals surface area contributed by atoms with Crippen molar-refractivity contribution in [3.8, 4) is 6.01 Å². The summed E-state index contributed by atoms with van der Waals surface area (Å²) in [5.74, 6) is 1.32. The van der Waals surface area contributed by atoms with Gasteiger partial charge in [0.15, 0.2) is 0 Å². The van der Waals surface area contributed by atoms with Gasteiger partial charge in [0, 0.05) is 19.6 Å². The fraction of sp³-hybridized carbons (Fsp3) is 0.786. The molecule has 2 rings (SSSR count). The molecule has 1 aromatic heterocycles. The molecular weight excluding hydrogens is 254 g/mol. The van der Waals surface area contributed by atoms with E-state index in [0.29, 0.717) is 12.0 Å². The minimum Gasteiger partial charge on any atom is -0.458 e. The lowest BCUT2D eigenvalue weighted by Crippen LogP contribution is -2.26. The summed E-state index contributed by atoms with van der Waals surface area (Å²) in [6.45, 7) is 10.9. The van der Waals surface area contributed by atoms with E-state index < -0.39 is 0 Å². The highest BCUT2D eigenvalue weighted by atomic mass is 16.5. The molecule has 0 bridgehead atoms. The van der Waals surface area contributed by atoms with Crippen LogP contribution in [0.25, 0.3) is 0 Å². The molecular formula is C14H25N5O. The summed E-state index contributed by atoms with van der Waals surface area (Å²) in [5.41, 5.74) is -0.314. The molecule has 1 aromatic rings. The first kappa shape index (κ1) is 14.8. The number of hydrogen-bond acceptors (Lipinski definition) is 6. The summed E-state index contributed by atoms with van der Waals surface area (Å²) in [6.07, 6.45) is 3.41. The molecule has 0 saturated carbocycles. The predicted octanol–water partition coefficient (Wildman–Crippen LogP) is 2.47. The van der Waals surface area contributed by atoms with Crippen molar-refractivity contribution in [1.82, 2.24) is 15.0 Å². The van der Waals surface area contributed by atoms with Gasteiger partial charge in [0.25, 0.3) is 0 Å². The van der Waals surface area contributed by atoms with E-state index in [1.54, 1.807) is 0 Å². The van der Waals surface area contributed by atoms with E-state index in [-0.39, 0.29) is 5.60 Å². The lowest BCUT2D eigenvalue weighted by Gasteiger charge is -2.21. The first-order valence-corrected chi connectivity index (χ1v) is 7.42. The number of ether oxygens (including phenoxy) is 1. The largest absolute Gasteiger partial charge is 0.458 e. The third-order valence-corrected chi connectivity index (χ3v) is 2.92. The van der Waals surface area contributed by atoms with Gasteiger partial charge >= 0.3 is 6.01 Å². The van der Waals surface area contributed by atoms with Gasteiger partial charge in [-0.2, -0.15) is 15.0 Å². The molecule has 1 fully saturated rings. The van der Waals surface area contributed by atoms with E-state index in [1.807, 2.05) is 20.8 Å². The smallest absolute Gasteiger partial charge is 0.323 e. The second-order valence-corrected chi connectivity index (χ2v) is 6.08. The van der Waals surface area contributed by atoms with Gasteiger partial charge in [0.1, 0.15) is 5.60 Å². The Hall–Kier alpha value is -1.59. The van der Waals surface area contributed by atoms with Crippen LogP contribution in [0.1, 0.15) is 47.0 Å². The molecule has 112 valence electrons. The monoisotopic (exact) mass is 279 g/mol. The molecule has 1 saturated heterocycles. The highest BCUT2D eigenvalue weighted by molar-refractivity contribution is 5.39. The Bertz CT molecular complexity index is 438. The Kier molecular flexibility index (Phi) is 4.62. The second kappa shape index (κ2) is 6.24. The predicted molar refractivity (Wildman–Crippen MR) is 80.4 cm³/mol. The molecule has 1 N–H and O–H groups in total. The maximum absolute atomic E-state index is 5.79. The van der Waals surface area contributed by atoms with Crippen molar-refractivity contribution in [2.75, 3.05) is 29.9 Å². The summed E-state index contributed by atoms with van der Waals surface area (Å²) >= 11 is 0. The van der Waals surface area contributed by atoms with Crippen LogP contribution in [0.5, 0.6) is 6.01 Å². The second-order valence-electron chi connectivity index (χ2n) is 6.08. The van der Waals surface area contributed by atoms with Crippen molar-refractivity contribution in [2.24, 2.45) is 0 Å². The van der Waals surface area contributed by atoms with E-state index in [4.69, 9.17) is 4.74 Å². The van der Waals surface area contributed by atoms with Crippen molar-refractivity contribution >= 4 is 11.9 Å². The van der Waals surface area contributed by atoms with Gasteiger partial charge in [0.2, 0.25) is 11.9 Å². The van der Waals surface area contributed by atoms with Crippen molar-refractivity contribution in [3.05, 3.63) is 0 Å². The minimum atomic E-state index is -0.314. The van der Waals surface area contributed by atoms with Gasteiger partial charge in [-0.25, -0.2) is 0 Å². The van der Waals surface area contributed by atoms with Crippen molar-refractivity contribution < 1.29 is 4.74 Å². The fourth-order valence-corrected chi connectivity index (χ4v) is 2.04. The fourth-order valence-electron chi connectivity index (χ4n) is 2.04. The number of anilines is 2. The zero-order chi connectivity index (χ0) is 14.6. The molecule has 0 radical (unpaired) electrons. The van der Waals surface area contributed by atoms with Gasteiger partial charge in [-0.1, -0.05) is 6.92 Å². The Labute approximate surface area is 121 Å². The normalized spacial score (nSPS) is 15.5. The van der Waals surface area contributed by atoms with Gasteiger partial charge in [-0.15, -0.1) is 0 Å². The van der Waals surface area contributed by atoms with Crippen LogP contribution >= 0.6 is 0 Å². The Morgan fingerprint density at radius 3 is 2.45 bits per heavy atom. The molecule has 0 spiro atoms. The first-order valence-electron chi connectivity index (χ1n) is 7.42. The van der Waals surface area contributed by atoms with Crippen LogP contribution < -0.4 is 15.0 Å². The molecule has 2 heterocycles. The van der Waals surface area contributed by atoms with Gasteiger partial charge in [0.05, 0.1) is 0 Å². The van der Waals surface area contributed by atoms with Crippen LogP contribution in [0, 0.1) is 0 Å². The molecule has 1 aliphatic rings. The molecule has 0 amide bonds. The average molecular weight is 279 g/mol. The number of nitrogens with one attached hydrogen (secondary N) is 1. The Morgan fingerprint density at radius 1 is 1.15 bits per heavy atom. The van der Waals surface area contributed by atoms with E-state index in [2.05, 4.69) is 32.1 Å². The first-order chi connectivity index (χ1) is 9.48. The maximum Gasteiger partial charge on any atom is 0.323 e. The van der Waals surface area contributed by atoms with Crippen LogP contribution in [0.2, 0.25) is 0 Å². The zero-order valence-electron chi connectivity index (χ0n) is 12.9. The lowest BCUT2D eigenvalue weighted by atomic mass is 10.2. The highest BCUT2D eigenvalue weighted by Gasteiger charge is 2.20. The van der Waals surface area contributed by atoms with Gasteiger partial charge in [-0.05, 0) is 40.0 Å². The molecule has 1 aliphatic heterocycles. The third-order valence-electron chi connectivity index (χ3n) is 2.92. The minimum absolute atomic E-state index is 0.314. The van der Waals surface area contributed by atoms with Gasteiger partial charge < -0.3 is 15.0 Å². The van der Waals surface area contributed by atoms with Gasteiger partial charge in [-0.3, -0.25) is 0 Å². The SMILES string of the molecule is CCCNc1nc(OC(C)(C)C)nc(N2CCCC2)n1. The molecule has 20 heavy (non-hydrogen) atoms. The highest BCUT2D eigenvalue weighted by Crippen LogP contribution is 2.21. The van der Waals surface area contributed by atoms with Crippen molar-refractivity contribution in [2.45, 2.75) is 52.6 Å². The topological polar surface area (TPSA) is 63.2 Å². The van der Waals surface area contributed by atoms with E-state index in [0.717, 1.165) is 32.0 Å². The summed E-state index contributed by atoms with van der Waals surface area (Å²) in [4.78, 5) is 15.5. The number of nitrogens with zero attached hydrogens (tertiary/aromatic N) is 4. The third kappa shape index (κ3) is 4.21. The Balaban J connectivity index is 2.23. The Morgan fingerprint density at radius 2 is 1.85 bits per heavy atom. The molecule has 6 heteroatoms. The van der Waals surface area contributed by atoms with Crippen LogP contribution in [0.15, 0.2) is 0 Å². The molecule has 0 aliphatic carbocycles. The standard InChI is InChI=1S/C14H25N5O/c1-5-8-15-11-16-12(19-9-6-7-10-19)18-13(17-11)20-14(2,3)4/h5-10H2,1-4H3,(H,15,16,17,18). The summed E-state index contributed by atoms with van der Waals surface area (Å²) < 4.78 is 5.79. The summed E-state index contributed by atoms with van der Waals surface area (Å²) in [5, 5.41) is 3.22. The molecule has 0 atom stereocenters. The number of aromatic nitrogens is 3. The van der Waals surface area contributed by atoms with E-state index in [9.17, 15) is 0 Å². The quantitative estimate of drug-likeness (QED) is 0.893. The number of rotatable bonds is 5. The zero-order valence-corrected chi connectivity index (χ0v) is 12.9. The van der Waals surface area contributed by atoms with E-state index >= 15 is 0 Å². The molecule has 6 nitrogen and oxygen atoms in total. The summed E-state index contributed by atoms with van der Waals surface area (Å²) in [6, 6.07) is 0.396. The van der Waals surface area contributed by atoms with Crippen LogP contribution in [-0.4, -0.2) is 40.2 Å². The molecule has 0 unspecified atom stereocenters. The van der Waals surface area contributed by atoms with Crippen molar-refractivity contribution in [1.29, 1.82) is 0 Å². The van der Waals surface area contributed by atoms with E-state index in [1.165, 1.54) is 12.8 Å². The molecule has 0 aromatic carbocycles. The van der Waals surface area contributed by atoms with Crippen molar-refractivity contribution in [3.63, 3.8) is 0 Å². The average Bonchev–Trinajstić information content (AvgIpc) is 2.87. The summed E-state index contributed by atoms with van der Waals surface area (Å²) in [7, 11) is 0.